The Labute approximate surface area is 197 Å². The molecule has 8 nitrogen and oxygen atoms in total. The number of alkyl halides is 1. The summed E-state index contributed by atoms with van der Waals surface area (Å²) in [7, 11) is -2.87. The molecule has 2 aromatic heterocycles. The first-order valence-electron chi connectivity index (χ1n) is 10.8. The van der Waals surface area contributed by atoms with Crippen LogP contribution in [0, 0.1) is 13.8 Å². The minimum absolute atomic E-state index is 0.0264. The van der Waals surface area contributed by atoms with Crippen LogP contribution in [0.15, 0.2) is 53.7 Å². The van der Waals surface area contributed by atoms with Gasteiger partial charge in [0.2, 0.25) is 0 Å². The van der Waals surface area contributed by atoms with Crippen molar-refractivity contribution in [3.63, 3.8) is 0 Å². The topological polar surface area (TPSA) is 99.5 Å². The zero-order chi connectivity index (χ0) is 24.5. The third-order valence-corrected chi connectivity index (χ3v) is 7.48. The number of carbonyl (C=O) groups excluding carboxylic acids is 1. The predicted molar refractivity (Wildman–Crippen MR) is 125 cm³/mol. The van der Waals surface area contributed by atoms with E-state index in [2.05, 4.69) is 10.3 Å². The molecule has 0 bridgehead atoms. The van der Waals surface area contributed by atoms with Gasteiger partial charge in [-0.2, -0.15) is 0 Å². The molecular formula is C24H26FN3O5S. The number of esters is 1. The normalized spacial score (nSPS) is 18.5. The second kappa shape index (κ2) is 9.55. The number of aryl methyl sites for hydroxylation is 2. The molecule has 3 aromatic rings. The molecule has 0 saturated carbocycles. The smallest absolute Gasteiger partial charge is 0.355 e. The first kappa shape index (κ1) is 23.9. The Morgan fingerprint density at radius 1 is 1.24 bits per heavy atom. The number of ether oxygens (including phenoxy) is 2. The number of nitrogens with one attached hydrogen (secondary N) is 1. The van der Waals surface area contributed by atoms with Gasteiger partial charge < -0.3 is 14.8 Å². The first-order chi connectivity index (χ1) is 16.2. The Balaban J connectivity index is 1.76. The number of methoxy groups -OCH3 is 1. The summed E-state index contributed by atoms with van der Waals surface area (Å²) in [5.74, 6) is -0.335. The molecule has 1 aliphatic rings. The van der Waals surface area contributed by atoms with Gasteiger partial charge in [-0.3, -0.25) is 0 Å². The lowest BCUT2D eigenvalue weighted by Gasteiger charge is -2.27. The third kappa shape index (κ3) is 4.69. The molecule has 1 aliphatic heterocycles. The highest BCUT2D eigenvalue weighted by atomic mass is 32.2. The van der Waals surface area contributed by atoms with Gasteiger partial charge in [-0.1, -0.05) is 17.7 Å². The van der Waals surface area contributed by atoms with Gasteiger partial charge >= 0.3 is 5.97 Å². The van der Waals surface area contributed by atoms with E-state index in [1.54, 1.807) is 24.4 Å². The van der Waals surface area contributed by atoms with E-state index in [0.29, 0.717) is 30.0 Å². The van der Waals surface area contributed by atoms with Crippen LogP contribution < -0.4 is 5.32 Å². The van der Waals surface area contributed by atoms with Crippen LogP contribution in [0.25, 0.3) is 11.1 Å². The maximum Gasteiger partial charge on any atom is 0.355 e. The number of aromatic nitrogens is 2. The van der Waals surface area contributed by atoms with Gasteiger partial charge in [-0.25, -0.2) is 26.6 Å². The van der Waals surface area contributed by atoms with E-state index in [1.165, 1.54) is 31.5 Å². The summed E-state index contributed by atoms with van der Waals surface area (Å²) in [6.07, 6.45) is 2.35. The van der Waals surface area contributed by atoms with Crippen molar-refractivity contribution in [3.8, 4) is 11.1 Å². The molecule has 1 fully saturated rings. The average Bonchev–Trinajstić information content (AvgIpc) is 3.28. The summed E-state index contributed by atoms with van der Waals surface area (Å²) < 4.78 is 51.8. The molecule has 180 valence electrons. The molecule has 0 aliphatic carbocycles. The quantitative estimate of drug-likeness (QED) is 0.529. The third-order valence-electron chi connectivity index (χ3n) is 5.79. The molecular weight excluding hydrogens is 461 g/mol. The number of hydrogen-bond donors (Lipinski definition) is 1. The molecule has 1 N–H and O–H groups in total. The number of halogens is 1. The highest BCUT2D eigenvalue weighted by Gasteiger charge is 2.27. The van der Waals surface area contributed by atoms with Crippen LogP contribution in [0.4, 0.5) is 10.2 Å². The first-order valence-corrected chi connectivity index (χ1v) is 12.2. The SMILES string of the molecule is COC(=O)c1cc(-c2cc(N[C@@H]3CCOC[C@@H]3F)ncc2C)cn1S(=O)(=O)c1ccc(C)cc1. The van der Waals surface area contributed by atoms with Crippen molar-refractivity contribution in [2.45, 2.75) is 37.4 Å². The number of benzene rings is 1. The predicted octanol–water partition coefficient (Wildman–Crippen LogP) is 3.73. The van der Waals surface area contributed by atoms with E-state index in [0.717, 1.165) is 15.1 Å². The van der Waals surface area contributed by atoms with E-state index in [9.17, 15) is 17.6 Å². The van der Waals surface area contributed by atoms with E-state index in [-0.39, 0.29) is 17.2 Å². The second-order valence-electron chi connectivity index (χ2n) is 8.23. The van der Waals surface area contributed by atoms with Gasteiger partial charge in [-0.05, 0) is 55.7 Å². The lowest BCUT2D eigenvalue weighted by Crippen LogP contribution is -2.39. The molecule has 4 rings (SSSR count). The van der Waals surface area contributed by atoms with Crippen LogP contribution in [-0.4, -0.2) is 55.9 Å². The summed E-state index contributed by atoms with van der Waals surface area (Å²) in [6, 6.07) is 9.11. The Morgan fingerprint density at radius 3 is 2.65 bits per heavy atom. The Hall–Kier alpha value is -3.24. The van der Waals surface area contributed by atoms with Crippen LogP contribution in [0.5, 0.6) is 0 Å². The standard InChI is InChI=1S/C24H26FN3O5S/c1-15-4-6-18(7-5-15)34(30,31)28-13-17(10-22(28)24(29)32-3)19-11-23(26-12-16(19)2)27-21-8-9-33-14-20(21)25/h4-7,10-13,20-21H,8-9,14H2,1-3H3,(H,26,27)/t20-,21+/m0/s1. The van der Waals surface area contributed by atoms with Crippen LogP contribution in [0.3, 0.4) is 0 Å². The van der Waals surface area contributed by atoms with E-state index >= 15 is 0 Å². The van der Waals surface area contributed by atoms with Crippen LogP contribution in [-0.2, 0) is 19.5 Å². The summed E-state index contributed by atoms with van der Waals surface area (Å²) >= 11 is 0. The molecule has 3 heterocycles. The number of rotatable bonds is 6. The van der Waals surface area contributed by atoms with Crippen molar-refractivity contribution in [2.24, 2.45) is 0 Å². The maximum absolute atomic E-state index is 14.2. The largest absolute Gasteiger partial charge is 0.464 e. The van der Waals surface area contributed by atoms with E-state index < -0.39 is 28.2 Å². The average molecular weight is 488 g/mol. The Kier molecular flexibility index (Phi) is 6.72. The molecule has 2 atom stereocenters. The highest BCUT2D eigenvalue weighted by molar-refractivity contribution is 7.90. The number of hydrogen-bond acceptors (Lipinski definition) is 7. The molecule has 0 radical (unpaired) electrons. The zero-order valence-electron chi connectivity index (χ0n) is 19.1. The number of anilines is 1. The van der Waals surface area contributed by atoms with Crippen LogP contribution in [0.1, 0.15) is 28.0 Å². The summed E-state index contributed by atoms with van der Waals surface area (Å²) in [6.45, 7) is 4.16. The van der Waals surface area contributed by atoms with Crippen molar-refractivity contribution in [2.75, 3.05) is 25.6 Å². The van der Waals surface area contributed by atoms with Crippen molar-refractivity contribution in [1.29, 1.82) is 0 Å². The minimum Gasteiger partial charge on any atom is -0.464 e. The Morgan fingerprint density at radius 2 is 1.97 bits per heavy atom. The van der Waals surface area contributed by atoms with Crippen molar-refractivity contribution in [3.05, 3.63) is 65.6 Å². The summed E-state index contributed by atoms with van der Waals surface area (Å²) in [5, 5.41) is 3.10. The maximum atomic E-state index is 14.2. The molecule has 0 unspecified atom stereocenters. The Bertz CT molecular complexity index is 1300. The fourth-order valence-electron chi connectivity index (χ4n) is 3.84. The monoisotopic (exact) mass is 487 g/mol. The van der Waals surface area contributed by atoms with E-state index in [1.807, 2.05) is 13.8 Å². The molecule has 10 heteroatoms. The number of pyridine rings is 1. The van der Waals surface area contributed by atoms with Gasteiger partial charge in [0, 0.05) is 24.6 Å². The number of carbonyl (C=O) groups is 1. The summed E-state index contributed by atoms with van der Waals surface area (Å²) in [5.41, 5.74) is 2.69. The van der Waals surface area contributed by atoms with Gasteiger partial charge in [0.15, 0.2) is 0 Å². The minimum atomic E-state index is -4.06. The lowest BCUT2D eigenvalue weighted by molar-refractivity contribution is 0.0285. The van der Waals surface area contributed by atoms with E-state index in [4.69, 9.17) is 9.47 Å². The second-order valence-corrected chi connectivity index (χ2v) is 10.0. The fourth-order valence-corrected chi connectivity index (χ4v) is 5.18. The molecule has 34 heavy (non-hydrogen) atoms. The lowest BCUT2D eigenvalue weighted by atomic mass is 10.0. The zero-order valence-corrected chi connectivity index (χ0v) is 19.9. The number of nitrogens with zero attached hydrogens (tertiary/aromatic N) is 2. The van der Waals surface area contributed by atoms with Gasteiger partial charge in [0.1, 0.15) is 17.7 Å². The highest BCUT2D eigenvalue weighted by Crippen LogP contribution is 2.30. The van der Waals surface area contributed by atoms with Crippen LogP contribution in [0.2, 0.25) is 0 Å². The van der Waals surface area contributed by atoms with Crippen molar-refractivity contribution in [1.82, 2.24) is 8.96 Å². The molecule has 1 saturated heterocycles. The van der Waals surface area contributed by atoms with Gasteiger partial charge in [-0.15, -0.1) is 0 Å². The molecule has 0 amide bonds. The van der Waals surface area contributed by atoms with Crippen LogP contribution >= 0.6 is 0 Å². The molecule has 0 spiro atoms. The molecule has 1 aromatic carbocycles. The van der Waals surface area contributed by atoms with Crippen molar-refractivity contribution >= 4 is 21.8 Å². The summed E-state index contributed by atoms with van der Waals surface area (Å²) in [4.78, 5) is 16.9. The fraction of sp³-hybridized carbons (Fsp3) is 0.333. The van der Waals surface area contributed by atoms with Crippen molar-refractivity contribution < 1.29 is 27.1 Å². The van der Waals surface area contributed by atoms with Gasteiger partial charge in [0.05, 0.1) is 24.7 Å². The van der Waals surface area contributed by atoms with Gasteiger partial charge in [0.25, 0.3) is 10.0 Å².